The van der Waals surface area contributed by atoms with Gasteiger partial charge in [-0.15, -0.1) is 0 Å². The quantitative estimate of drug-likeness (QED) is 0.656. The molecule has 0 unspecified atom stereocenters. The first kappa shape index (κ1) is 15.8. The van der Waals surface area contributed by atoms with E-state index in [-0.39, 0.29) is 12.4 Å². The first-order valence-corrected chi connectivity index (χ1v) is 6.67. The van der Waals surface area contributed by atoms with Crippen LogP contribution in [0.2, 0.25) is 5.02 Å². The van der Waals surface area contributed by atoms with E-state index in [9.17, 15) is 9.18 Å². The molecule has 0 saturated heterocycles. The maximum atomic E-state index is 13.4. The lowest BCUT2D eigenvalue weighted by molar-refractivity contribution is 0.249. The largest absolute Gasteiger partial charge is 0.488 e. The second-order valence-electron chi connectivity index (χ2n) is 4.33. The molecule has 114 valence electrons. The Bertz CT molecular complexity index is 707. The fourth-order valence-electron chi connectivity index (χ4n) is 1.69. The molecule has 2 aromatic carbocycles. The Labute approximate surface area is 131 Å². The number of primary amides is 1. The minimum atomic E-state index is -0.792. The van der Waals surface area contributed by atoms with E-state index in [4.69, 9.17) is 22.1 Å². The Morgan fingerprint density at radius 2 is 2.18 bits per heavy atom. The highest BCUT2D eigenvalue weighted by Crippen LogP contribution is 2.20. The summed E-state index contributed by atoms with van der Waals surface area (Å²) < 4.78 is 18.9. The van der Waals surface area contributed by atoms with Gasteiger partial charge in [0.15, 0.2) is 0 Å². The summed E-state index contributed by atoms with van der Waals surface area (Å²) in [5.41, 5.74) is 8.30. The number of hydrazone groups is 1. The maximum Gasteiger partial charge on any atom is 0.332 e. The zero-order valence-corrected chi connectivity index (χ0v) is 12.2. The van der Waals surface area contributed by atoms with Gasteiger partial charge in [0.05, 0.1) is 6.21 Å². The lowest BCUT2D eigenvalue weighted by atomic mass is 10.2. The van der Waals surface area contributed by atoms with Gasteiger partial charge in [-0.2, -0.15) is 5.10 Å². The summed E-state index contributed by atoms with van der Waals surface area (Å²) in [7, 11) is 0. The van der Waals surface area contributed by atoms with Crippen molar-refractivity contribution >= 4 is 23.8 Å². The van der Waals surface area contributed by atoms with Crippen molar-refractivity contribution in [3.63, 3.8) is 0 Å². The van der Waals surface area contributed by atoms with E-state index in [1.54, 1.807) is 18.2 Å². The summed E-state index contributed by atoms with van der Waals surface area (Å²) >= 11 is 5.89. The van der Waals surface area contributed by atoms with E-state index in [0.29, 0.717) is 10.6 Å². The Balaban J connectivity index is 2.13. The molecule has 0 heterocycles. The first-order chi connectivity index (χ1) is 10.5. The number of amides is 2. The van der Waals surface area contributed by atoms with Crippen LogP contribution in [0.1, 0.15) is 11.1 Å². The summed E-state index contributed by atoms with van der Waals surface area (Å²) in [4.78, 5) is 10.6. The number of rotatable bonds is 5. The van der Waals surface area contributed by atoms with Crippen LogP contribution in [0.4, 0.5) is 9.18 Å². The summed E-state index contributed by atoms with van der Waals surface area (Å²) in [5.74, 6) is -0.156. The molecule has 0 saturated carbocycles. The molecule has 0 radical (unpaired) electrons. The molecule has 0 spiro atoms. The van der Waals surface area contributed by atoms with Gasteiger partial charge in [0, 0.05) is 16.7 Å². The minimum absolute atomic E-state index is 0.216. The number of nitrogens with zero attached hydrogens (tertiary/aromatic N) is 1. The molecule has 3 N–H and O–H groups in total. The van der Waals surface area contributed by atoms with Gasteiger partial charge in [-0.3, -0.25) is 0 Å². The van der Waals surface area contributed by atoms with Crippen LogP contribution in [0.5, 0.6) is 5.75 Å². The van der Waals surface area contributed by atoms with Gasteiger partial charge in [-0.25, -0.2) is 14.6 Å². The number of halogens is 2. The molecule has 0 atom stereocenters. The van der Waals surface area contributed by atoms with Crippen LogP contribution in [0.3, 0.4) is 0 Å². The van der Waals surface area contributed by atoms with Crippen molar-refractivity contribution in [3.05, 3.63) is 64.4 Å². The average Bonchev–Trinajstić information content (AvgIpc) is 2.47. The topological polar surface area (TPSA) is 76.7 Å². The maximum absolute atomic E-state index is 13.4. The molecule has 2 rings (SSSR count). The molecule has 22 heavy (non-hydrogen) atoms. The Morgan fingerprint density at radius 3 is 2.91 bits per heavy atom. The molecule has 0 aliphatic heterocycles. The third-order valence-corrected chi connectivity index (χ3v) is 2.87. The number of carbonyl (C=O) groups is 1. The van der Waals surface area contributed by atoms with Gasteiger partial charge >= 0.3 is 6.03 Å². The number of carbonyl (C=O) groups excluding carboxylic acids is 1. The lowest BCUT2D eigenvalue weighted by Gasteiger charge is -2.09. The number of hydrogen-bond donors (Lipinski definition) is 2. The zero-order chi connectivity index (χ0) is 15.9. The second-order valence-corrected chi connectivity index (χ2v) is 4.77. The van der Waals surface area contributed by atoms with Crippen LogP contribution in [-0.4, -0.2) is 12.2 Å². The number of ether oxygens (including phenoxy) is 1. The molecule has 0 fully saturated rings. The Hall–Kier alpha value is -2.60. The van der Waals surface area contributed by atoms with Crippen LogP contribution < -0.4 is 15.9 Å². The molecule has 7 heteroatoms. The van der Waals surface area contributed by atoms with Crippen molar-refractivity contribution in [2.75, 3.05) is 0 Å². The van der Waals surface area contributed by atoms with E-state index < -0.39 is 11.8 Å². The predicted octanol–water partition coefficient (Wildman–Crippen LogP) is 3.06. The average molecular weight is 322 g/mol. The summed E-state index contributed by atoms with van der Waals surface area (Å²) in [6.45, 7) is 0.216. The SMILES string of the molecule is NC(=O)NN=Cc1ccc(F)cc1OCc1cccc(Cl)c1. The van der Waals surface area contributed by atoms with Crippen LogP contribution in [0.25, 0.3) is 0 Å². The Morgan fingerprint density at radius 1 is 1.36 bits per heavy atom. The highest BCUT2D eigenvalue weighted by atomic mass is 35.5. The van der Waals surface area contributed by atoms with Gasteiger partial charge in [0.25, 0.3) is 0 Å². The van der Waals surface area contributed by atoms with Crippen LogP contribution in [0, 0.1) is 5.82 Å². The van der Waals surface area contributed by atoms with E-state index in [0.717, 1.165) is 5.56 Å². The monoisotopic (exact) mass is 321 g/mol. The van der Waals surface area contributed by atoms with E-state index >= 15 is 0 Å². The molecular formula is C15H13ClFN3O2. The summed E-state index contributed by atoms with van der Waals surface area (Å²) in [6.07, 6.45) is 1.32. The van der Waals surface area contributed by atoms with Gasteiger partial charge in [0.2, 0.25) is 0 Å². The highest BCUT2D eigenvalue weighted by molar-refractivity contribution is 6.30. The van der Waals surface area contributed by atoms with Crippen molar-refractivity contribution in [1.29, 1.82) is 0 Å². The third kappa shape index (κ3) is 4.75. The van der Waals surface area contributed by atoms with Gasteiger partial charge in [-0.1, -0.05) is 23.7 Å². The zero-order valence-electron chi connectivity index (χ0n) is 11.4. The van der Waals surface area contributed by atoms with Crippen LogP contribution >= 0.6 is 11.6 Å². The van der Waals surface area contributed by atoms with E-state index in [1.807, 2.05) is 6.07 Å². The molecule has 2 amide bonds. The minimum Gasteiger partial charge on any atom is -0.488 e. The van der Waals surface area contributed by atoms with Gasteiger partial charge in [0.1, 0.15) is 18.2 Å². The fraction of sp³-hybridized carbons (Fsp3) is 0.0667. The fourth-order valence-corrected chi connectivity index (χ4v) is 1.91. The van der Waals surface area contributed by atoms with Crippen molar-refractivity contribution in [3.8, 4) is 5.75 Å². The number of nitrogens with one attached hydrogen (secondary N) is 1. The van der Waals surface area contributed by atoms with Gasteiger partial charge < -0.3 is 10.5 Å². The van der Waals surface area contributed by atoms with Gasteiger partial charge in [-0.05, 0) is 29.8 Å². The molecule has 5 nitrogen and oxygen atoms in total. The predicted molar refractivity (Wildman–Crippen MR) is 82.5 cm³/mol. The van der Waals surface area contributed by atoms with Crippen molar-refractivity contribution in [1.82, 2.24) is 5.43 Å². The van der Waals surface area contributed by atoms with Crippen LogP contribution in [-0.2, 0) is 6.61 Å². The molecular weight excluding hydrogens is 309 g/mol. The smallest absolute Gasteiger partial charge is 0.332 e. The summed E-state index contributed by atoms with van der Waals surface area (Å²) in [6, 6.07) is 10.3. The van der Waals surface area contributed by atoms with E-state index in [1.165, 1.54) is 24.4 Å². The number of benzene rings is 2. The Kier molecular flexibility index (Phi) is 5.32. The van der Waals surface area contributed by atoms with Crippen molar-refractivity contribution in [2.45, 2.75) is 6.61 Å². The van der Waals surface area contributed by atoms with E-state index in [2.05, 4.69) is 10.5 Å². The molecule has 0 aliphatic rings. The van der Waals surface area contributed by atoms with Crippen molar-refractivity contribution < 1.29 is 13.9 Å². The highest BCUT2D eigenvalue weighted by Gasteiger charge is 2.05. The molecule has 0 aliphatic carbocycles. The first-order valence-electron chi connectivity index (χ1n) is 6.30. The number of urea groups is 1. The normalized spacial score (nSPS) is 10.6. The number of nitrogens with two attached hydrogens (primary N) is 1. The number of hydrogen-bond acceptors (Lipinski definition) is 3. The molecule has 0 bridgehead atoms. The third-order valence-electron chi connectivity index (χ3n) is 2.64. The molecule has 2 aromatic rings. The second kappa shape index (κ2) is 7.42. The lowest BCUT2D eigenvalue weighted by Crippen LogP contribution is -2.24. The summed E-state index contributed by atoms with van der Waals surface area (Å²) in [5, 5.41) is 4.22. The standard InChI is InChI=1S/C15H13ClFN3O2/c16-12-3-1-2-10(6-12)9-22-14-7-13(17)5-4-11(14)8-19-20-15(18)21/h1-8H,9H2,(H3,18,20,21). The molecule has 0 aromatic heterocycles. The van der Waals surface area contributed by atoms with Crippen molar-refractivity contribution in [2.24, 2.45) is 10.8 Å². The van der Waals surface area contributed by atoms with Crippen LogP contribution in [0.15, 0.2) is 47.6 Å².